The van der Waals surface area contributed by atoms with E-state index in [0.29, 0.717) is 15.6 Å². The predicted molar refractivity (Wildman–Crippen MR) is 113 cm³/mol. The van der Waals surface area contributed by atoms with E-state index in [1.165, 1.54) is 18.9 Å². The molecule has 0 radical (unpaired) electrons. The highest BCUT2D eigenvalue weighted by atomic mass is 32.2. The number of methoxy groups -OCH3 is 1. The second-order valence-corrected chi connectivity index (χ2v) is 7.12. The molecule has 6 heteroatoms. The van der Waals surface area contributed by atoms with Crippen LogP contribution in [0.4, 0.5) is 5.69 Å². The van der Waals surface area contributed by atoms with Crippen molar-refractivity contribution in [3.8, 4) is 0 Å². The monoisotopic (exact) mass is 388 g/mol. The highest BCUT2D eigenvalue weighted by molar-refractivity contribution is 8.18. The fourth-order valence-corrected chi connectivity index (χ4v) is 3.72. The van der Waals surface area contributed by atoms with Crippen LogP contribution in [0.15, 0.2) is 76.6 Å². The molecule has 3 aromatic carbocycles. The van der Waals surface area contributed by atoms with Crippen molar-refractivity contribution in [3.63, 3.8) is 0 Å². The number of amides is 1. The van der Waals surface area contributed by atoms with E-state index in [1.807, 2.05) is 42.5 Å². The summed E-state index contributed by atoms with van der Waals surface area (Å²) in [6.45, 7) is 0. The number of esters is 1. The molecule has 0 aromatic heterocycles. The number of hydrogen-bond donors (Lipinski definition) is 1. The molecule has 1 amide bonds. The first-order valence-electron chi connectivity index (χ1n) is 8.60. The van der Waals surface area contributed by atoms with E-state index in [0.717, 1.165) is 22.0 Å². The van der Waals surface area contributed by atoms with Crippen molar-refractivity contribution in [2.24, 2.45) is 4.99 Å². The van der Waals surface area contributed by atoms with Crippen LogP contribution in [0.25, 0.3) is 16.8 Å². The zero-order valence-electron chi connectivity index (χ0n) is 15.0. The van der Waals surface area contributed by atoms with Crippen LogP contribution in [0.3, 0.4) is 0 Å². The molecule has 0 bridgehead atoms. The van der Waals surface area contributed by atoms with Gasteiger partial charge < -0.3 is 10.1 Å². The summed E-state index contributed by atoms with van der Waals surface area (Å²) in [7, 11) is 1.34. The van der Waals surface area contributed by atoms with Crippen molar-refractivity contribution in [3.05, 3.63) is 82.8 Å². The Morgan fingerprint density at radius 1 is 1.04 bits per heavy atom. The molecule has 1 aliphatic heterocycles. The van der Waals surface area contributed by atoms with Crippen molar-refractivity contribution in [1.82, 2.24) is 5.32 Å². The van der Waals surface area contributed by atoms with Crippen molar-refractivity contribution in [2.75, 3.05) is 7.11 Å². The van der Waals surface area contributed by atoms with E-state index in [1.54, 1.807) is 30.3 Å². The van der Waals surface area contributed by atoms with Crippen LogP contribution >= 0.6 is 11.8 Å². The lowest BCUT2D eigenvalue weighted by molar-refractivity contribution is -0.115. The number of carbonyl (C=O) groups is 2. The number of rotatable bonds is 3. The number of aliphatic imine (C=N–C) groups is 1. The molecule has 0 aliphatic carbocycles. The van der Waals surface area contributed by atoms with Gasteiger partial charge in [-0.15, -0.1) is 0 Å². The van der Waals surface area contributed by atoms with Crippen molar-refractivity contribution < 1.29 is 14.3 Å². The van der Waals surface area contributed by atoms with Crippen molar-refractivity contribution in [2.45, 2.75) is 0 Å². The van der Waals surface area contributed by atoms with Gasteiger partial charge in [0.2, 0.25) is 0 Å². The van der Waals surface area contributed by atoms with Gasteiger partial charge in [-0.1, -0.05) is 48.5 Å². The maximum absolute atomic E-state index is 12.3. The second kappa shape index (κ2) is 7.70. The van der Waals surface area contributed by atoms with E-state index in [2.05, 4.69) is 15.0 Å². The molecule has 3 aromatic rings. The van der Waals surface area contributed by atoms with Crippen molar-refractivity contribution >= 4 is 51.3 Å². The van der Waals surface area contributed by atoms with E-state index in [4.69, 9.17) is 0 Å². The van der Waals surface area contributed by atoms with E-state index >= 15 is 0 Å². The molecule has 4 rings (SSSR count). The molecular formula is C22H16N2O3S. The van der Waals surface area contributed by atoms with Crippen LogP contribution in [0.1, 0.15) is 15.9 Å². The Morgan fingerprint density at radius 2 is 1.79 bits per heavy atom. The minimum Gasteiger partial charge on any atom is -0.465 e. The van der Waals surface area contributed by atoms with Crippen LogP contribution in [-0.2, 0) is 9.53 Å². The maximum Gasteiger partial charge on any atom is 0.337 e. The first-order valence-corrected chi connectivity index (χ1v) is 9.41. The quantitative estimate of drug-likeness (QED) is 0.529. The van der Waals surface area contributed by atoms with Gasteiger partial charge in [-0.3, -0.25) is 4.79 Å². The number of hydrogen-bond acceptors (Lipinski definition) is 5. The Kier molecular flexibility index (Phi) is 4.95. The fraction of sp³-hybridized carbons (Fsp3) is 0.0455. The SMILES string of the molecule is COC(=O)c1ccc(C=C2SC(=Nc3cccc4ccccc34)NC2=O)cc1. The third-order valence-electron chi connectivity index (χ3n) is 4.27. The Morgan fingerprint density at radius 3 is 2.57 bits per heavy atom. The molecule has 1 saturated heterocycles. The maximum atomic E-state index is 12.3. The molecule has 138 valence electrons. The molecule has 0 unspecified atom stereocenters. The Balaban J connectivity index is 1.59. The first-order chi connectivity index (χ1) is 13.6. The lowest BCUT2D eigenvalue weighted by Gasteiger charge is -2.02. The number of carbonyl (C=O) groups excluding carboxylic acids is 2. The number of fused-ring (bicyclic) bond motifs is 1. The topological polar surface area (TPSA) is 67.8 Å². The average molecular weight is 388 g/mol. The van der Waals surface area contributed by atoms with Crippen LogP contribution < -0.4 is 5.32 Å². The van der Waals surface area contributed by atoms with Gasteiger partial charge >= 0.3 is 5.97 Å². The summed E-state index contributed by atoms with van der Waals surface area (Å²) in [5, 5.41) is 5.48. The summed E-state index contributed by atoms with van der Waals surface area (Å²) in [5.74, 6) is -0.585. The summed E-state index contributed by atoms with van der Waals surface area (Å²) < 4.78 is 4.69. The van der Waals surface area contributed by atoms with Gasteiger partial charge in [0.05, 0.1) is 23.3 Å². The minimum absolute atomic E-state index is 0.193. The summed E-state index contributed by atoms with van der Waals surface area (Å²) in [6.07, 6.45) is 1.77. The summed E-state index contributed by atoms with van der Waals surface area (Å²) in [6, 6.07) is 20.8. The highest BCUT2D eigenvalue weighted by Crippen LogP contribution is 2.31. The molecule has 1 aliphatic rings. The Hall–Kier alpha value is -3.38. The number of nitrogens with zero attached hydrogens (tertiary/aromatic N) is 1. The number of nitrogens with one attached hydrogen (secondary N) is 1. The number of ether oxygens (including phenoxy) is 1. The van der Waals surface area contributed by atoms with Crippen molar-refractivity contribution in [1.29, 1.82) is 0 Å². The normalized spacial score (nSPS) is 16.5. The van der Waals surface area contributed by atoms with Gasteiger partial charge in [0, 0.05) is 5.39 Å². The highest BCUT2D eigenvalue weighted by Gasteiger charge is 2.24. The minimum atomic E-state index is -0.392. The lowest BCUT2D eigenvalue weighted by atomic mass is 10.1. The van der Waals surface area contributed by atoms with Crippen LogP contribution in [0.2, 0.25) is 0 Å². The Labute approximate surface area is 166 Å². The molecule has 0 saturated carbocycles. The van der Waals surface area contributed by atoms with Gasteiger partial charge in [0.15, 0.2) is 5.17 Å². The average Bonchev–Trinajstić information content (AvgIpc) is 3.07. The molecule has 1 heterocycles. The predicted octanol–water partition coefficient (Wildman–Crippen LogP) is 4.52. The van der Waals surface area contributed by atoms with Gasteiger partial charge in [-0.2, -0.15) is 0 Å². The van der Waals surface area contributed by atoms with E-state index in [-0.39, 0.29) is 5.91 Å². The molecule has 28 heavy (non-hydrogen) atoms. The second-order valence-electron chi connectivity index (χ2n) is 6.09. The van der Waals surface area contributed by atoms with Gasteiger partial charge in [-0.25, -0.2) is 9.79 Å². The van der Waals surface area contributed by atoms with E-state index < -0.39 is 5.97 Å². The van der Waals surface area contributed by atoms with Gasteiger partial charge in [-0.05, 0) is 47.0 Å². The van der Waals surface area contributed by atoms with Gasteiger partial charge in [0.1, 0.15) is 0 Å². The van der Waals surface area contributed by atoms with Crippen LogP contribution in [0, 0.1) is 0 Å². The first kappa shape index (κ1) is 18.0. The molecule has 1 N–H and O–H groups in total. The third-order valence-corrected chi connectivity index (χ3v) is 5.18. The zero-order valence-corrected chi connectivity index (χ0v) is 15.8. The van der Waals surface area contributed by atoms with Crippen LogP contribution in [-0.4, -0.2) is 24.2 Å². The number of thioether (sulfide) groups is 1. The van der Waals surface area contributed by atoms with Gasteiger partial charge in [0.25, 0.3) is 5.91 Å². The molecule has 1 fully saturated rings. The number of benzene rings is 3. The lowest BCUT2D eigenvalue weighted by Crippen LogP contribution is -2.19. The molecule has 0 spiro atoms. The summed E-state index contributed by atoms with van der Waals surface area (Å²) >= 11 is 1.29. The summed E-state index contributed by atoms with van der Waals surface area (Å²) in [5.41, 5.74) is 2.09. The molecule has 0 atom stereocenters. The Bertz CT molecular complexity index is 1130. The summed E-state index contributed by atoms with van der Waals surface area (Å²) in [4.78, 5) is 29.0. The van der Waals surface area contributed by atoms with E-state index in [9.17, 15) is 9.59 Å². The largest absolute Gasteiger partial charge is 0.465 e. The van der Waals surface area contributed by atoms with Crippen LogP contribution in [0.5, 0.6) is 0 Å². The number of amidine groups is 1. The standard InChI is InChI=1S/C22H16N2O3S/c1-27-21(26)16-11-9-14(10-12-16)13-19-20(25)24-22(28-19)23-18-8-4-6-15-5-2-3-7-17(15)18/h2-13H,1H3,(H,23,24,25). The zero-order chi connectivity index (χ0) is 19.5. The molecule has 5 nitrogen and oxygen atoms in total. The molecular weight excluding hydrogens is 372 g/mol. The third kappa shape index (κ3) is 3.68. The fourth-order valence-electron chi connectivity index (χ4n) is 2.88. The smallest absolute Gasteiger partial charge is 0.337 e.